The van der Waals surface area contributed by atoms with Crippen molar-refractivity contribution in [2.45, 2.75) is 18.8 Å². The highest BCUT2D eigenvalue weighted by Crippen LogP contribution is 2.46. The second-order valence-electron chi connectivity index (χ2n) is 17.6. The van der Waals surface area contributed by atoms with Gasteiger partial charge in [0.15, 0.2) is 0 Å². The van der Waals surface area contributed by atoms with Crippen molar-refractivity contribution in [1.29, 1.82) is 0 Å². The van der Waals surface area contributed by atoms with Crippen LogP contribution in [0.5, 0.6) is 0 Å². The van der Waals surface area contributed by atoms with Gasteiger partial charge in [0.1, 0.15) is 0 Å². The van der Waals surface area contributed by atoms with E-state index < -0.39 is 0 Å². The van der Waals surface area contributed by atoms with Gasteiger partial charge in [-0.25, -0.2) is 0 Å². The SMILES string of the molecule is c1ccc([C@@H]2CCc3cc(N(c4ccc(-c5ccc6c7ccccc7n(-c7ccccc7)c6c5)cc4)c4ccc5c6ccccc6n(-c6ccccc6)c5c4)ccc3-c3ccccc32)cc1. The predicted octanol–water partition coefficient (Wildman–Crippen LogP) is 16.8. The molecule has 1 aliphatic rings. The van der Waals surface area contributed by atoms with Crippen LogP contribution in [0.4, 0.5) is 17.1 Å². The van der Waals surface area contributed by atoms with Gasteiger partial charge in [0.05, 0.1) is 22.1 Å². The summed E-state index contributed by atoms with van der Waals surface area (Å²) < 4.78 is 4.81. The fourth-order valence-electron chi connectivity index (χ4n) is 10.9. The molecule has 1 atom stereocenters. The van der Waals surface area contributed by atoms with Crippen LogP contribution in [0.3, 0.4) is 0 Å². The van der Waals surface area contributed by atoms with Crippen LogP contribution >= 0.6 is 0 Å². The molecule has 0 bridgehead atoms. The summed E-state index contributed by atoms with van der Waals surface area (Å²) in [5, 5.41) is 5.00. The average Bonchev–Trinajstić information content (AvgIpc) is 3.84. The summed E-state index contributed by atoms with van der Waals surface area (Å²) in [7, 11) is 0. The summed E-state index contributed by atoms with van der Waals surface area (Å²) in [5.41, 5.74) is 19.7. The van der Waals surface area contributed by atoms with E-state index in [1.165, 1.54) is 82.6 Å². The lowest BCUT2D eigenvalue weighted by Crippen LogP contribution is -2.11. The second kappa shape index (κ2) is 15.7. The van der Waals surface area contributed by atoms with Crippen LogP contribution in [-0.4, -0.2) is 9.13 Å². The molecule has 0 saturated heterocycles. The Balaban J connectivity index is 0.966. The summed E-state index contributed by atoms with van der Waals surface area (Å²) in [6.45, 7) is 0. The molecule has 12 aromatic rings. The highest BCUT2D eigenvalue weighted by Gasteiger charge is 2.25. The number of benzene rings is 10. The third kappa shape index (κ3) is 6.27. The van der Waals surface area contributed by atoms with Crippen molar-refractivity contribution in [3.05, 3.63) is 259 Å². The van der Waals surface area contributed by atoms with Crippen LogP contribution in [0.1, 0.15) is 29.0 Å². The fourth-order valence-corrected chi connectivity index (χ4v) is 10.9. The molecular formula is C63H45N3. The number of aryl methyl sites for hydroxylation is 1. The summed E-state index contributed by atoms with van der Waals surface area (Å²) in [6, 6.07) is 89.4. The smallest absolute Gasteiger partial charge is 0.0561 e. The maximum atomic E-state index is 2.46. The van der Waals surface area contributed by atoms with Gasteiger partial charge in [0.2, 0.25) is 0 Å². The number of hydrogen-bond donors (Lipinski definition) is 0. The second-order valence-corrected chi connectivity index (χ2v) is 17.6. The molecule has 0 amide bonds. The van der Waals surface area contributed by atoms with Crippen molar-refractivity contribution in [2.24, 2.45) is 0 Å². The fraction of sp³-hybridized carbons (Fsp3) is 0.0476. The van der Waals surface area contributed by atoms with Crippen molar-refractivity contribution < 1.29 is 0 Å². The molecule has 1 aliphatic carbocycles. The van der Waals surface area contributed by atoms with Gasteiger partial charge in [0.25, 0.3) is 0 Å². The average molecular weight is 844 g/mol. The van der Waals surface area contributed by atoms with E-state index in [0.29, 0.717) is 5.92 Å². The van der Waals surface area contributed by atoms with E-state index in [1.54, 1.807) is 0 Å². The first-order valence-electron chi connectivity index (χ1n) is 23.1. The summed E-state index contributed by atoms with van der Waals surface area (Å²) in [6.07, 6.45) is 2.02. The third-order valence-corrected chi connectivity index (χ3v) is 14.0. The van der Waals surface area contributed by atoms with Crippen molar-refractivity contribution in [3.63, 3.8) is 0 Å². The van der Waals surface area contributed by atoms with Crippen LogP contribution < -0.4 is 4.90 Å². The Morgan fingerprint density at radius 2 is 0.848 bits per heavy atom. The molecule has 2 heterocycles. The predicted molar refractivity (Wildman–Crippen MR) is 277 cm³/mol. The van der Waals surface area contributed by atoms with Gasteiger partial charge in [-0.2, -0.15) is 0 Å². The van der Waals surface area contributed by atoms with Crippen LogP contribution in [0.15, 0.2) is 243 Å². The number of hydrogen-bond acceptors (Lipinski definition) is 1. The zero-order chi connectivity index (χ0) is 43.6. The van der Waals surface area contributed by atoms with Gasteiger partial charge in [-0.1, -0.05) is 164 Å². The molecule has 0 fully saturated rings. The monoisotopic (exact) mass is 843 g/mol. The minimum atomic E-state index is 0.331. The van der Waals surface area contributed by atoms with E-state index in [1.807, 2.05) is 0 Å². The van der Waals surface area contributed by atoms with E-state index in [2.05, 4.69) is 257 Å². The van der Waals surface area contributed by atoms with Crippen LogP contribution in [0, 0.1) is 0 Å². The van der Waals surface area contributed by atoms with Crippen molar-refractivity contribution in [3.8, 4) is 33.6 Å². The quantitative estimate of drug-likeness (QED) is 0.156. The Hall–Kier alpha value is -8.40. The minimum absolute atomic E-state index is 0.331. The summed E-state index contributed by atoms with van der Waals surface area (Å²) >= 11 is 0. The van der Waals surface area contributed by atoms with Gasteiger partial charge in [0, 0.05) is 55.9 Å². The molecule has 2 aromatic heterocycles. The van der Waals surface area contributed by atoms with Gasteiger partial charge < -0.3 is 14.0 Å². The minimum Gasteiger partial charge on any atom is -0.310 e. The molecule has 312 valence electrons. The van der Waals surface area contributed by atoms with Crippen molar-refractivity contribution in [1.82, 2.24) is 9.13 Å². The van der Waals surface area contributed by atoms with E-state index >= 15 is 0 Å². The lowest BCUT2D eigenvalue weighted by atomic mass is 9.86. The molecule has 0 N–H and O–H groups in total. The van der Waals surface area contributed by atoms with E-state index in [0.717, 1.165) is 41.3 Å². The van der Waals surface area contributed by atoms with Gasteiger partial charge in [-0.3, -0.25) is 0 Å². The first-order chi connectivity index (χ1) is 32.7. The van der Waals surface area contributed by atoms with Crippen molar-refractivity contribution in [2.75, 3.05) is 4.90 Å². The highest BCUT2D eigenvalue weighted by atomic mass is 15.1. The normalized spacial score (nSPS) is 13.5. The summed E-state index contributed by atoms with van der Waals surface area (Å²) in [4.78, 5) is 2.46. The lowest BCUT2D eigenvalue weighted by molar-refractivity contribution is 0.726. The number of fused-ring (bicyclic) bond motifs is 9. The number of para-hydroxylation sites is 4. The molecule has 0 spiro atoms. The molecule has 3 nitrogen and oxygen atoms in total. The molecule has 66 heavy (non-hydrogen) atoms. The number of rotatable bonds is 7. The first kappa shape index (κ1) is 38.1. The molecule has 0 aliphatic heterocycles. The van der Waals surface area contributed by atoms with Crippen LogP contribution in [-0.2, 0) is 6.42 Å². The number of aromatic nitrogens is 2. The van der Waals surface area contributed by atoms with Crippen LogP contribution in [0.25, 0.3) is 77.2 Å². The molecule has 0 unspecified atom stereocenters. The Morgan fingerprint density at radius 3 is 1.53 bits per heavy atom. The number of nitrogens with zero attached hydrogens (tertiary/aromatic N) is 3. The van der Waals surface area contributed by atoms with Gasteiger partial charge in [-0.15, -0.1) is 0 Å². The zero-order valence-corrected chi connectivity index (χ0v) is 36.4. The van der Waals surface area contributed by atoms with E-state index in [-0.39, 0.29) is 0 Å². The number of anilines is 3. The van der Waals surface area contributed by atoms with Gasteiger partial charge >= 0.3 is 0 Å². The lowest BCUT2D eigenvalue weighted by Gasteiger charge is -2.27. The standard InChI is InChI=1S/C63H45N3/c1-4-16-44(17-5-1)52-36-31-46-40-50(34-38-53(46)55-23-11-10-22-54(52)55)64(51-35-39-59-57-25-13-15-27-61(57)66(63(59)42-51)48-20-8-3-9-21-48)49-32-28-43(29-33-49)45-30-37-58-56-24-12-14-26-60(56)65(62(58)41-45)47-18-6-2-7-19-47/h1-30,32-35,37-42,52H,31,36H2/t52-/m0/s1. The van der Waals surface area contributed by atoms with Crippen LogP contribution in [0.2, 0.25) is 0 Å². The Morgan fingerprint density at radius 1 is 0.348 bits per heavy atom. The Kier molecular flexibility index (Phi) is 9.06. The molecule has 13 rings (SSSR count). The molecule has 3 heteroatoms. The molecule has 10 aromatic carbocycles. The third-order valence-electron chi connectivity index (χ3n) is 14.0. The molecule has 0 saturated carbocycles. The molecular weight excluding hydrogens is 799 g/mol. The van der Waals surface area contributed by atoms with Crippen molar-refractivity contribution >= 4 is 60.7 Å². The van der Waals surface area contributed by atoms with E-state index in [4.69, 9.17) is 0 Å². The Labute approximate surface area is 384 Å². The maximum absolute atomic E-state index is 2.46. The maximum Gasteiger partial charge on any atom is 0.0561 e. The molecule has 0 radical (unpaired) electrons. The van der Waals surface area contributed by atoms with E-state index in [9.17, 15) is 0 Å². The highest BCUT2D eigenvalue weighted by molar-refractivity contribution is 6.11. The topological polar surface area (TPSA) is 13.1 Å². The first-order valence-corrected chi connectivity index (χ1v) is 23.1. The largest absolute Gasteiger partial charge is 0.310 e. The summed E-state index contributed by atoms with van der Waals surface area (Å²) in [5.74, 6) is 0.331. The van der Waals surface area contributed by atoms with Gasteiger partial charge in [-0.05, 0) is 131 Å². The zero-order valence-electron chi connectivity index (χ0n) is 36.4. The Bertz CT molecular complexity index is 3750.